The quantitative estimate of drug-likeness (QED) is 0.349. The van der Waals surface area contributed by atoms with Gasteiger partial charge < -0.3 is 9.64 Å². The molecule has 2 aromatic carbocycles. The first-order chi connectivity index (χ1) is 15.5. The van der Waals surface area contributed by atoms with Crippen molar-refractivity contribution in [3.63, 3.8) is 0 Å². The summed E-state index contributed by atoms with van der Waals surface area (Å²) in [5.41, 5.74) is 2.37. The number of ether oxygens (including phenoxy) is 1. The number of ketones is 1. The summed E-state index contributed by atoms with van der Waals surface area (Å²) in [5.74, 6) is -1.86. The monoisotopic (exact) mass is 494 g/mol. The van der Waals surface area contributed by atoms with E-state index in [-0.39, 0.29) is 23.6 Å². The molecule has 0 spiro atoms. The summed E-state index contributed by atoms with van der Waals surface area (Å²) in [6, 6.07) is 13.8. The lowest BCUT2D eigenvalue weighted by Gasteiger charge is -2.36. The molecule has 0 aromatic heterocycles. The van der Waals surface area contributed by atoms with E-state index in [2.05, 4.69) is 15.9 Å². The zero-order valence-corrected chi connectivity index (χ0v) is 19.2. The fourth-order valence-corrected chi connectivity index (χ4v) is 5.65. The number of carbonyl (C=O) groups excluding carboxylic acids is 3. The molecule has 164 valence electrons. The number of amides is 2. The van der Waals surface area contributed by atoms with Gasteiger partial charge in [-0.1, -0.05) is 58.4 Å². The van der Waals surface area contributed by atoms with Crippen molar-refractivity contribution in [2.75, 3.05) is 25.2 Å². The molecule has 0 bridgehead atoms. The number of halogens is 1. The van der Waals surface area contributed by atoms with Crippen LogP contribution in [-0.4, -0.2) is 54.8 Å². The van der Waals surface area contributed by atoms with Crippen LogP contribution in [0.15, 0.2) is 59.1 Å². The number of nitrogens with zero attached hydrogens (tertiary/aromatic N) is 2. The molecule has 0 saturated carbocycles. The average Bonchev–Trinajstić information content (AvgIpc) is 3.27. The van der Waals surface area contributed by atoms with Gasteiger partial charge in [-0.25, -0.2) is 0 Å². The van der Waals surface area contributed by atoms with E-state index < -0.39 is 17.9 Å². The van der Waals surface area contributed by atoms with Gasteiger partial charge in [0.1, 0.15) is 6.04 Å². The maximum Gasteiger partial charge on any atom is 0.235 e. The van der Waals surface area contributed by atoms with Crippen LogP contribution in [0.3, 0.4) is 0 Å². The summed E-state index contributed by atoms with van der Waals surface area (Å²) in [7, 11) is 1.59. The van der Waals surface area contributed by atoms with Gasteiger partial charge in [-0.3, -0.25) is 19.3 Å². The molecule has 3 aliphatic heterocycles. The van der Waals surface area contributed by atoms with Crippen molar-refractivity contribution in [1.29, 1.82) is 0 Å². The van der Waals surface area contributed by atoms with Crippen molar-refractivity contribution in [1.82, 2.24) is 4.90 Å². The molecule has 7 heteroatoms. The number of likely N-dealkylation sites (tertiary alicyclic amines) is 1. The van der Waals surface area contributed by atoms with Crippen LogP contribution in [0.2, 0.25) is 0 Å². The lowest BCUT2D eigenvalue weighted by molar-refractivity contribution is -0.140. The van der Waals surface area contributed by atoms with E-state index in [1.165, 1.54) is 4.90 Å². The average molecular weight is 495 g/mol. The van der Waals surface area contributed by atoms with E-state index in [1.807, 2.05) is 53.5 Å². The Balaban J connectivity index is 1.59. The Morgan fingerprint density at radius 1 is 1.06 bits per heavy atom. The van der Waals surface area contributed by atoms with Gasteiger partial charge in [0.05, 0.1) is 17.9 Å². The Labute approximate surface area is 195 Å². The fourth-order valence-electron chi connectivity index (χ4n) is 5.27. The van der Waals surface area contributed by atoms with Crippen LogP contribution in [-0.2, 0) is 14.3 Å². The largest absolute Gasteiger partial charge is 0.385 e. The topological polar surface area (TPSA) is 66.9 Å². The number of hydrogen-bond acceptors (Lipinski definition) is 5. The second-order valence-electron chi connectivity index (χ2n) is 8.36. The minimum Gasteiger partial charge on any atom is -0.385 e. The Morgan fingerprint density at radius 3 is 2.56 bits per heavy atom. The smallest absolute Gasteiger partial charge is 0.235 e. The molecule has 0 unspecified atom stereocenters. The van der Waals surface area contributed by atoms with Crippen molar-refractivity contribution in [2.45, 2.75) is 18.5 Å². The molecule has 0 N–H and O–H groups in total. The second kappa shape index (κ2) is 8.30. The van der Waals surface area contributed by atoms with Crippen LogP contribution in [0.1, 0.15) is 22.3 Å². The molecular formula is C25H23BrN2O4. The SMILES string of the molecule is COCCCN1C(=O)[C@@H]2[C@H](C1=O)[C@H]1C=Cc3cc(Br)ccc3N1[C@@H]2C(=O)c1ccccc1. The summed E-state index contributed by atoms with van der Waals surface area (Å²) in [4.78, 5) is 44.0. The van der Waals surface area contributed by atoms with Gasteiger partial charge in [-0.15, -0.1) is 0 Å². The summed E-state index contributed by atoms with van der Waals surface area (Å²) < 4.78 is 6.02. The number of benzene rings is 2. The molecule has 32 heavy (non-hydrogen) atoms. The molecule has 4 atom stereocenters. The van der Waals surface area contributed by atoms with Crippen LogP contribution >= 0.6 is 15.9 Å². The van der Waals surface area contributed by atoms with Gasteiger partial charge in [0.2, 0.25) is 11.8 Å². The third kappa shape index (κ3) is 3.22. The third-order valence-electron chi connectivity index (χ3n) is 6.62. The highest BCUT2D eigenvalue weighted by Gasteiger charge is 2.63. The minimum absolute atomic E-state index is 0.132. The Hall–Kier alpha value is -2.77. The summed E-state index contributed by atoms with van der Waals surface area (Å²) in [6.45, 7) is 0.779. The highest BCUT2D eigenvalue weighted by atomic mass is 79.9. The van der Waals surface area contributed by atoms with Crippen LogP contribution in [0.4, 0.5) is 5.69 Å². The highest BCUT2D eigenvalue weighted by Crippen LogP contribution is 2.49. The number of Topliss-reactive ketones (excluding diaryl/α,β-unsaturated/α-hetero) is 1. The first kappa shape index (κ1) is 21.1. The fraction of sp³-hybridized carbons (Fsp3) is 0.320. The van der Waals surface area contributed by atoms with Crippen LogP contribution in [0.25, 0.3) is 6.08 Å². The van der Waals surface area contributed by atoms with Gasteiger partial charge in [-0.05, 0) is 30.2 Å². The van der Waals surface area contributed by atoms with Crippen LogP contribution in [0, 0.1) is 11.8 Å². The number of hydrogen-bond donors (Lipinski definition) is 0. The Morgan fingerprint density at radius 2 is 1.81 bits per heavy atom. The van der Waals surface area contributed by atoms with E-state index >= 15 is 0 Å². The molecular weight excluding hydrogens is 472 g/mol. The van der Waals surface area contributed by atoms with E-state index in [4.69, 9.17) is 4.74 Å². The van der Waals surface area contributed by atoms with Gasteiger partial charge >= 0.3 is 0 Å². The highest BCUT2D eigenvalue weighted by molar-refractivity contribution is 9.10. The van der Waals surface area contributed by atoms with Gasteiger partial charge in [0.25, 0.3) is 0 Å². The van der Waals surface area contributed by atoms with Gasteiger partial charge in [-0.2, -0.15) is 0 Å². The molecule has 0 aliphatic carbocycles. The predicted octanol–water partition coefficient (Wildman–Crippen LogP) is 3.55. The van der Waals surface area contributed by atoms with Crippen molar-refractivity contribution in [3.05, 3.63) is 70.2 Å². The number of rotatable bonds is 6. The molecule has 2 saturated heterocycles. The Bertz CT molecular complexity index is 1120. The van der Waals surface area contributed by atoms with Crippen molar-refractivity contribution < 1.29 is 19.1 Å². The lowest BCUT2D eigenvalue weighted by atomic mass is 9.86. The van der Waals surface area contributed by atoms with Crippen molar-refractivity contribution in [3.8, 4) is 0 Å². The first-order valence-electron chi connectivity index (χ1n) is 10.7. The number of imide groups is 1. The lowest BCUT2D eigenvalue weighted by Crippen LogP contribution is -2.48. The van der Waals surface area contributed by atoms with E-state index in [1.54, 1.807) is 19.2 Å². The normalized spacial score (nSPS) is 25.7. The molecule has 5 rings (SSSR count). The van der Waals surface area contributed by atoms with Crippen LogP contribution < -0.4 is 4.90 Å². The minimum atomic E-state index is -0.735. The number of methoxy groups -OCH3 is 1. The van der Waals surface area contributed by atoms with Crippen LogP contribution in [0.5, 0.6) is 0 Å². The number of fused-ring (bicyclic) bond motifs is 5. The van der Waals surface area contributed by atoms with E-state index in [9.17, 15) is 14.4 Å². The molecule has 2 fully saturated rings. The Kier molecular flexibility index (Phi) is 5.47. The summed E-state index contributed by atoms with van der Waals surface area (Å²) >= 11 is 3.50. The standard InChI is InChI=1S/C25H23BrN2O4/c1-32-13-5-12-27-24(30)20-19-10-8-16-14-17(26)9-11-18(16)28(19)22(21(20)25(27)31)23(29)15-6-3-2-4-7-15/h2-4,6-11,14,19-22H,5,12-13H2,1H3/t19-,20-,21-,22+/m1/s1. The first-order valence-corrected chi connectivity index (χ1v) is 11.5. The molecule has 3 aliphatic rings. The summed E-state index contributed by atoms with van der Waals surface area (Å²) in [5, 5.41) is 0. The zero-order chi connectivity index (χ0) is 22.4. The summed E-state index contributed by atoms with van der Waals surface area (Å²) in [6.07, 6.45) is 4.53. The maximum absolute atomic E-state index is 13.8. The molecule has 2 aromatic rings. The van der Waals surface area contributed by atoms with E-state index in [0.717, 1.165) is 15.7 Å². The number of carbonyl (C=O) groups is 3. The molecule has 6 nitrogen and oxygen atoms in total. The third-order valence-corrected chi connectivity index (χ3v) is 7.11. The molecule has 3 heterocycles. The van der Waals surface area contributed by atoms with E-state index in [0.29, 0.717) is 25.1 Å². The number of anilines is 1. The van der Waals surface area contributed by atoms with Gasteiger partial charge in [0, 0.05) is 36.0 Å². The molecule has 2 amide bonds. The van der Waals surface area contributed by atoms with Crippen molar-refractivity contribution in [2.24, 2.45) is 11.8 Å². The maximum atomic E-state index is 13.8. The van der Waals surface area contributed by atoms with Gasteiger partial charge in [0.15, 0.2) is 5.78 Å². The zero-order valence-electron chi connectivity index (χ0n) is 17.6. The predicted molar refractivity (Wildman–Crippen MR) is 124 cm³/mol. The second-order valence-corrected chi connectivity index (χ2v) is 9.28. The molecule has 0 radical (unpaired) electrons. The van der Waals surface area contributed by atoms with Crippen molar-refractivity contribution >= 4 is 45.3 Å².